The van der Waals surface area contributed by atoms with Gasteiger partial charge in [0.05, 0.1) is 46.6 Å². The molecule has 0 saturated carbocycles. The second-order valence-electron chi connectivity index (χ2n) is 4.58. The van der Waals surface area contributed by atoms with Gasteiger partial charge in [-0.05, 0) is 18.2 Å². The molecule has 5 heteroatoms. The van der Waals surface area contributed by atoms with Crippen molar-refractivity contribution in [2.24, 2.45) is 5.10 Å². The third-order valence-corrected chi connectivity index (χ3v) is 3.19. The normalized spacial score (nSPS) is 17.3. The molecule has 0 atom stereocenters. The Morgan fingerprint density at radius 1 is 1.39 bits per heavy atom. The second kappa shape index (κ2) is 5.73. The van der Waals surface area contributed by atoms with Gasteiger partial charge in [0.1, 0.15) is 11.5 Å². The maximum atomic E-state index is 9.73. The molecule has 2 N–H and O–H groups in total. The van der Waals surface area contributed by atoms with Crippen molar-refractivity contribution in [1.29, 1.82) is 0 Å². The fourth-order valence-corrected chi connectivity index (χ4v) is 1.90. The van der Waals surface area contributed by atoms with Crippen LogP contribution >= 0.6 is 0 Å². The summed E-state index contributed by atoms with van der Waals surface area (Å²) in [5.74, 6) is 0.941. The van der Waals surface area contributed by atoms with Crippen molar-refractivity contribution in [2.45, 2.75) is 0 Å². The van der Waals surface area contributed by atoms with Crippen LogP contribution in [0.2, 0.25) is 0 Å². The molecule has 2 rings (SSSR count). The molecule has 1 aromatic carbocycles. The molecular weight excluding hydrogens is 230 g/mol. The first kappa shape index (κ1) is 12.7. The Morgan fingerprint density at radius 2 is 2.11 bits per heavy atom. The van der Waals surface area contributed by atoms with E-state index in [2.05, 4.69) is 12.1 Å². The smallest absolute Gasteiger partial charge is 0.124 e. The van der Waals surface area contributed by atoms with Gasteiger partial charge in [-0.15, -0.1) is 0 Å². The first-order valence-electron chi connectivity index (χ1n) is 6.16. The Labute approximate surface area is 107 Å². The van der Waals surface area contributed by atoms with E-state index >= 15 is 0 Å². The van der Waals surface area contributed by atoms with E-state index < -0.39 is 0 Å². The molecule has 1 aliphatic rings. The average molecular weight is 250 g/mol. The lowest BCUT2D eigenvalue weighted by Crippen LogP contribution is -3.11. The number of likely N-dealkylation sites (N-methyl/N-ethyl adjacent to an activating group) is 1. The molecule has 0 bridgehead atoms. The molecule has 0 aliphatic carbocycles. The van der Waals surface area contributed by atoms with E-state index in [-0.39, 0.29) is 5.75 Å². The SMILES string of the molecule is COc1ccc(O)c(/C=N/N2CC[NH+](C)CC2)c1. The summed E-state index contributed by atoms with van der Waals surface area (Å²) >= 11 is 0. The molecule has 1 saturated heterocycles. The number of quaternary nitrogens is 1. The molecule has 1 fully saturated rings. The molecule has 0 aromatic heterocycles. The van der Waals surface area contributed by atoms with Gasteiger partial charge in [0.25, 0.3) is 0 Å². The van der Waals surface area contributed by atoms with Crippen molar-refractivity contribution in [3.8, 4) is 11.5 Å². The van der Waals surface area contributed by atoms with Crippen LogP contribution in [0.15, 0.2) is 23.3 Å². The third-order valence-electron chi connectivity index (χ3n) is 3.19. The number of ether oxygens (including phenoxy) is 1. The highest BCUT2D eigenvalue weighted by atomic mass is 16.5. The summed E-state index contributed by atoms with van der Waals surface area (Å²) in [7, 11) is 3.80. The van der Waals surface area contributed by atoms with E-state index in [4.69, 9.17) is 4.74 Å². The molecular formula is C13H20N3O2+. The monoisotopic (exact) mass is 250 g/mol. The van der Waals surface area contributed by atoms with Crippen LogP contribution in [-0.2, 0) is 0 Å². The Balaban J connectivity index is 2.04. The molecule has 1 heterocycles. The van der Waals surface area contributed by atoms with Crippen LogP contribution in [0.5, 0.6) is 11.5 Å². The molecule has 0 spiro atoms. The van der Waals surface area contributed by atoms with E-state index in [1.165, 1.54) is 4.90 Å². The van der Waals surface area contributed by atoms with Gasteiger partial charge in [-0.2, -0.15) is 5.10 Å². The first-order valence-corrected chi connectivity index (χ1v) is 6.16. The number of piperazine rings is 1. The van der Waals surface area contributed by atoms with Crippen molar-refractivity contribution < 1.29 is 14.7 Å². The van der Waals surface area contributed by atoms with E-state index in [9.17, 15) is 5.11 Å². The Morgan fingerprint density at radius 3 is 2.78 bits per heavy atom. The summed E-state index contributed by atoms with van der Waals surface area (Å²) in [6, 6.07) is 5.13. The van der Waals surface area contributed by atoms with Gasteiger partial charge in [-0.3, -0.25) is 5.01 Å². The maximum Gasteiger partial charge on any atom is 0.124 e. The Kier molecular flexibility index (Phi) is 4.04. The predicted molar refractivity (Wildman–Crippen MR) is 70.4 cm³/mol. The van der Waals surface area contributed by atoms with E-state index in [1.54, 1.807) is 31.5 Å². The summed E-state index contributed by atoms with van der Waals surface area (Å²) < 4.78 is 5.13. The molecule has 0 amide bonds. The molecule has 1 aliphatic heterocycles. The predicted octanol–water partition coefficient (Wildman–Crippen LogP) is -0.435. The number of nitrogens with zero attached hydrogens (tertiary/aromatic N) is 2. The number of rotatable bonds is 3. The third kappa shape index (κ3) is 3.13. The minimum Gasteiger partial charge on any atom is -0.507 e. The number of aromatic hydroxyl groups is 1. The van der Waals surface area contributed by atoms with Crippen LogP contribution in [-0.4, -0.2) is 56.7 Å². The van der Waals surface area contributed by atoms with Crippen molar-refractivity contribution in [1.82, 2.24) is 5.01 Å². The van der Waals surface area contributed by atoms with Crippen molar-refractivity contribution in [3.63, 3.8) is 0 Å². The lowest BCUT2D eigenvalue weighted by Gasteiger charge is -2.27. The first-order chi connectivity index (χ1) is 8.69. The van der Waals surface area contributed by atoms with E-state index in [1.807, 2.05) is 5.01 Å². The van der Waals surface area contributed by atoms with Crippen LogP contribution in [0.4, 0.5) is 0 Å². The zero-order valence-corrected chi connectivity index (χ0v) is 10.9. The molecule has 98 valence electrons. The number of phenols is 1. The van der Waals surface area contributed by atoms with Crippen molar-refractivity contribution in [2.75, 3.05) is 40.3 Å². The van der Waals surface area contributed by atoms with Crippen LogP contribution < -0.4 is 9.64 Å². The summed E-state index contributed by atoms with van der Waals surface area (Å²) in [6.07, 6.45) is 1.69. The summed E-state index contributed by atoms with van der Waals surface area (Å²) in [5, 5.41) is 16.2. The molecule has 0 unspecified atom stereocenters. The summed E-state index contributed by atoms with van der Waals surface area (Å²) in [6.45, 7) is 4.10. The lowest BCUT2D eigenvalue weighted by atomic mass is 10.2. The molecule has 5 nitrogen and oxygen atoms in total. The van der Waals surface area contributed by atoms with Crippen LogP contribution in [0.3, 0.4) is 0 Å². The van der Waals surface area contributed by atoms with Gasteiger partial charge in [-0.25, -0.2) is 0 Å². The Hall–Kier alpha value is -1.75. The van der Waals surface area contributed by atoms with E-state index in [0.29, 0.717) is 5.56 Å². The molecule has 0 radical (unpaired) electrons. The number of methoxy groups -OCH3 is 1. The van der Waals surface area contributed by atoms with Gasteiger partial charge in [0.2, 0.25) is 0 Å². The average Bonchev–Trinajstić information content (AvgIpc) is 2.40. The topological polar surface area (TPSA) is 49.5 Å². The van der Waals surface area contributed by atoms with Gasteiger partial charge < -0.3 is 14.7 Å². The standard InChI is InChI=1S/C13H19N3O2/c1-15-5-7-16(8-6-15)14-10-11-9-12(18-2)3-4-13(11)17/h3-4,9-10,17H,5-8H2,1-2H3/p+1/b14-10+. The van der Waals surface area contributed by atoms with Crippen molar-refractivity contribution >= 4 is 6.21 Å². The van der Waals surface area contributed by atoms with Gasteiger partial charge in [0, 0.05) is 5.56 Å². The highest BCUT2D eigenvalue weighted by Crippen LogP contribution is 2.21. The van der Waals surface area contributed by atoms with Gasteiger partial charge >= 0.3 is 0 Å². The minimum atomic E-state index is 0.222. The number of hydrazone groups is 1. The van der Waals surface area contributed by atoms with Crippen LogP contribution in [0, 0.1) is 0 Å². The second-order valence-corrected chi connectivity index (χ2v) is 4.58. The number of hydrogen-bond acceptors (Lipinski definition) is 4. The van der Waals surface area contributed by atoms with Crippen LogP contribution in [0.25, 0.3) is 0 Å². The quantitative estimate of drug-likeness (QED) is 0.715. The van der Waals surface area contributed by atoms with Gasteiger partial charge in [-0.1, -0.05) is 0 Å². The largest absolute Gasteiger partial charge is 0.507 e. The number of hydrogen-bond donors (Lipinski definition) is 2. The summed E-state index contributed by atoms with van der Waals surface area (Å²) in [4.78, 5) is 1.53. The zero-order valence-electron chi connectivity index (χ0n) is 10.9. The number of benzene rings is 1. The Bertz CT molecular complexity index is 426. The molecule has 18 heavy (non-hydrogen) atoms. The molecule has 1 aromatic rings. The van der Waals surface area contributed by atoms with Crippen LogP contribution in [0.1, 0.15) is 5.56 Å². The fourth-order valence-electron chi connectivity index (χ4n) is 1.90. The summed E-state index contributed by atoms with van der Waals surface area (Å²) in [5.41, 5.74) is 0.681. The fraction of sp³-hybridized carbons (Fsp3) is 0.462. The maximum absolute atomic E-state index is 9.73. The van der Waals surface area contributed by atoms with Crippen molar-refractivity contribution in [3.05, 3.63) is 23.8 Å². The van der Waals surface area contributed by atoms with E-state index in [0.717, 1.165) is 31.9 Å². The number of nitrogens with one attached hydrogen (secondary N) is 1. The number of phenolic OH excluding ortho intramolecular Hbond substituents is 1. The van der Waals surface area contributed by atoms with Gasteiger partial charge in [0.15, 0.2) is 0 Å². The highest BCUT2D eigenvalue weighted by molar-refractivity contribution is 5.83. The zero-order chi connectivity index (χ0) is 13.0. The minimum absolute atomic E-state index is 0.222. The lowest BCUT2D eigenvalue weighted by molar-refractivity contribution is -0.884. The highest BCUT2D eigenvalue weighted by Gasteiger charge is 2.14.